The van der Waals surface area contributed by atoms with E-state index in [9.17, 15) is 15.3 Å². The second-order valence-corrected chi connectivity index (χ2v) is 7.20. The zero-order valence-electron chi connectivity index (χ0n) is 17.4. The lowest BCUT2D eigenvalue weighted by atomic mass is 10.0. The van der Waals surface area contributed by atoms with Gasteiger partial charge in [-0.1, -0.05) is 50.2 Å². The first-order valence-electron chi connectivity index (χ1n) is 10.3. The molecule has 5 N–H and O–H groups in total. The number of nitrogen functional groups attached to an aromatic ring is 1. The number of aliphatic hydroxyl groups excluding tert-OH is 3. The van der Waals surface area contributed by atoms with Crippen LogP contribution in [-0.2, 0) is 4.74 Å². The number of hydrogen-bond acceptors (Lipinski definition) is 7. The Labute approximate surface area is 179 Å². The van der Waals surface area contributed by atoms with Crippen LogP contribution in [-0.4, -0.2) is 54.8 Å². The van der Waals surface area contributed by atoms with Crippen molar-refractivity contribution >= 4 is 27.6 Å². The Hall–Kier alpha value is -3.04. The van der Waals surface area contributed by atoms with E-state index in [2.05, 4.69) is 16.0 Å². The van der Waals surface area contributed by atoms with E-state index >= 15 is 0 Å². The first kappa shape index (κ1) is 21.2. The number of anilines is 1. The van der Waals surface area contributed by atoms with Crippen LogP contribution in [0.15, 0.2) is 55.0 Å². The molecule has 1 aliphatic rings. The average Bonchev–Trinajstić information content (AvgIpc) is 3.33. The third kappa shape index (κ3) is 3.53. The number of nitrogens with zero attached hydrogens (tertiary/aromatic N) is 3. The van der Waals surface area contributed by atoms with E-state index < -0.39 is 31.1 Å². The van der Waals surface area contributed by atoms with Gasteiger partial charge in [-0.3, -0.25) is 0 Å². The number of rotatable bonds is 3. The fourth-order valence-corrected chi connectivity index (χ4v) is 3.99. The Bertz CT molecular complexity index is 1210. The molecule has 2 aromatic carbocycles. The van der Waals surface area contributed by atoms with E-state index in [-0.39, 0.29) is 0 Å². The van der Waals surface area contributed by atoms with Gasteiger partial charge in [0.1, 0.15) is 36.1 Å². The van der Waals surface area contributed by atoms with Crippen LogP contribution < -0.4 is 5.73 Å². The Morgan fingerprint density at radius 2 is 1.77 bits per heavy atom. The van der Waals surface area contributed by atoms with Gasteiger partial charge in [-0.25, -0.2) is 9.97 Å². The quantitative estimate of drug-likeness (QED) is 0.399. The van der Waals surface area contributed by atoms with Gasteiger partial charge in [0.25, 0.3) is 0 Å². The highest BCUT2D eigenvalue weighted by Crippen LogP contribution is 2.38. The summed E-state index contributed by atoms with van der Waals surface area (Å²) in [5, 5.41) is 32.9. The van der Waals surface area contributed by atoms with Crippen molar-refractivity contribution in [1.29, 1.82) is 0 Å². The predicted molar refractivity (Wildman–Crippen MR) is 119 cm³/mol. The van der Waals surface area contributed by atoms with E-state index in [1.807, 2.05) is 50.2 Å². The van der Waals surface area contributed by atoms with Gasteiger partial charge in [0, 0.05) is 11.8 Å². The normalized spacial score (nSPS) is 23.1. The van der Waals surface area contributed by atoms with Crippen LogP contribution in [0.25, 0.3) is 32.9 Å². The highest BCUT2D eigenvalue weighted by atomic mass is 16.6. The molecule has 1 saturated heterocycles. The summed E-state index contributed by atoms with van der Waals surface area (Å²) in [6.07, 6.45) is -1.07. The highest BCUT2D eigenvalue weighted by molar-refractivity contribution is 6.02. The lowest BCUT2D eigenvalue weighted by Gasteiger charge is -2.17. The van der Waals surface area contributed by atoms with Gasteiger partial charge < -0.3 is 30.4 Å². The number of hydrogen-bond donors (Lipinski definition) is 4. The molecule has 8 heteroatoms. The van der Waals surface area contributed by atoms with Crippen molar-refractivity contribution < 1.29 is 20.1 Å². The molecule has 4 atom stereocenters. The Balaban J connectivity index is 0.00000112. The molecule has 31 heavy (non-hydrogen) atoms. The number of aromatic nitrogens is 3. The van der Waals surface area contributed by atoms with Crippen molar-refractivity contribution in [3.63, 3.8) is 0 Å². The summed E-state index contributed by atoms with van der Waals surface area (Å²) in [5.74, 6) is 0.309. The zero-order chi connectivity index (χ0) is 22.1. The molecule has 3 heterocycles. The maximum atomic E-state index is 10.5. The molecular weight excluding hydrogens is 396 g/mol. The van der Waals surface area contributed by atoms with Crippen LogP contribution in [0.4, 0.5) is 5.82 Å². The van der Waals surface area contributed by atoms with Gasteiger partial charge in [-0.15, -0.1) is 0 Å². The molecule has 0 radical (unpaired) electrons. The molecule has 162 valence electrons. The van der Waals surface area contributed by atoms with Crippen LogP contribution in [0, 0.1) is 0 Å². The monoisotopic (exact) mass is 422 g/mol. The minimum Gasteiger partial charge on any atom is -0.394 e. The van der Waals surface area contributed by atoms with Gasteiger partial charge >= 0.3 is 0 Å². The smallest absolute Gasteiger partial charge is 0.164 e. The largest absolute Gasteiger partial charge is 0.394 e. The van der Waals surface area contributed by atoms with E-state index in [1.165, 1.54) is 6.33 Å². The van der Waals surface area contributed by atoms with E-state index in [0.717, 1.165) is 21.9 Å². The molecule has 1 aliphatic heterocycles. The second-order valence-electron chi connectivity index (χ2n) is 7.20. The topological polar surface area (TPSA) is 127 Å². The molecule has 0 spiro atoms. The van der Waals surface area contributed by atoms with Crippen LogP contribution >= 0.6 is 0 Å². The molecule has 4 aromatic rings. The highest BCUT2D eigenvalue weighted by Gasteiger charge is 2.44. The molecule has 0 bridgehead atoms. The molecular formula is C23H26N4O4. The minimum absolute atomic E-state index is 0.309. The van der Waals surface area contributed by atoms with E-state index in [4.69, 9.17) is 10.5 Å². The summed E-state index contributed by atoms with van der Waals surface area (Å²) < 4.78 is 7.34. The molecule has 0 amide bonds. The van der Waals surface area contributed by atoms with Gasteiger partial charge in [-0.05, 0) is 22.4 Å². The minimum atomic E-state index is -1.22. The number of benzene rings is 2. The van der Waals surface area contributed by atoms with Crippen molar-refractivity contribution in [2.45, 2.75) is 38.4 Å². The van der Waals surface area contributed by atoms with Crippen molar-refractivity contribution in [3.05, 3.63) is 55.0 Å². The van der Waals surface area contributed by atoms with Crippen LogP contribution in [0.2, 0.25) is 0 Å². The van der Waals surface area contributed by atoms with Crippen molar-refractivity contribution in [1.82, 2.24) is 14.5 Å². The fraction of sp³-hybridized carbons (Fsp3) is 0.304. The Kier molecular flexibility index (Phi) is 5.88. The summed E-state index contributed by atoms with van der Waals surface area (Å²) >= 11 is 0. The number of aliphatic hydroxyl groups is 3. The second kappa shape index (κ2) is 8.60. The summed E-state index contributed by atoms with van der Waals surface area (Å²) in [6, 6.07) is 14.1. The van der Waals surface area contributed by atoms with E-state index in [0.29, 0.717) is 16.9 Å². The van der Waals surface area contributed by atoms with Gasteiger partial charge in [0.2, 0.25) is 0 Å². The Morgan fingerprint density at radius 3 is 2.48 bits per heavy atom. The molecule has 4 unspecified atom stereocenters. The number of ether oxygens (including phenoxy) is 1. The SMILES string of the molecule is CC.Nc1ncnc2c1c(-c1ccc3ccccc3c1)cn2C1OC(CO)C(O)C1O. The predicted octanol–water partition coefficient (Wildman–Crippen LogP) is 2.47. The lowest BCUT2D eigenvalue weighted by Crippen LogP contribution is -2.33. The third-order valence-electron chi connectivity index (χ3n) is 5.49. The lowest BCUT2D eigenvalue weighted by molar-refractivity contribution is -0.0508. The van der Waals surface area contributed by atoms with Crippen molar-refractivity contribution in [2.24, 2.45) is 0 Å². The molecule has 1 fully saturated rings. The maximum Gasteiger partial charge on any atom is 0.164 e. The molecule has 5 rings (SSSR count). The van der Waals surface area contributed by atoms with Crippen LogP contribution in [0.1, 0.15) is 20.1 Å². The summed E-state index contributed by atoms with van der Waals surface area (Å²) in [7, 11) is 0. The fourth-order valence-electron chi connectivity index (χ4n) is 3.99. The van der Waals surface area contributed by atoms with Crippen molar-refractivity contribution in [2.75, 3.05) is 12.3 Å². The average molecular weight is 422 g/mol. The van der Waals surface area contributed by atoms with Gasteiger partial charge in [0.05, 0.1) is 12.0 Å². The molecule has 0 aliphatic carbocycles. The summed E-state index contributed by atoms with van der Waals surface area (Å²) in [5.41, 5.74) is 8.37. The van der Waals surface area contributed by atoms with Crippen molar-refractivity contribution in [3.8, 4) is 11.1 Å². The number of nitrogens with two attached hydrogens (primary N) is 1. The summed E-state index contributed by atoms with van der Waals surface area (Å²) in [6.45, 7) is 3.60. The number of fused-ring (bicyclic) bond motifs is 2. The van der Waals surface area contributed by atoms with Crippen LogP contribution in [0.3, 0.4) is 0 Å². The summed E-state index contributed by atoms with van der Waals surface area (Å²) in [4.78, 5) is 8.46. The standard InChI is InChI=1S/C21H20N4O4.C2H6/c22-19-16-14(13-6-5-11-3-1-2-4-12(11)7-13)8-25(20(16)24-10-23-19)21-18(28)17(27)15(9-26)29-21;1-2/h1-8,10,15,17-18,21,26-28H,9H2,(H2,22,23,24);1-2H3. The third-order valence-corrected chi connectivity index (χ3v) is 5.49. The van der Waals surface area contributed by atoms with Gasteiger partial charge in [-0.2, -0.15) is 0 Å². The van der Waals surface area contributed by atoms with Gasteiger partial charge in [0.15, 0.2) is 6.23 Å². The van der Waals surface area contributed by atoms with E-state index in [1.54, 1.807) is 10.8 Å². The molecule has 2 aromatic heterocycles. The maximum absolute atomic E-state index is 10.5. The first-order valence-corrected chi connectivity index (χ1v) is 10.3. The molecule has 8 nitrogen and oxygen atoms in total. The molecule has 0 saturated carbocycles. The Morgan fingerprint density at radius 1 is 1.03 bits per heavy atom. The first-order chi connectivity index (χ1) is 15.1. The zero-order valence-corrected chi connectivity index (χ0v) is 17.4. The van der Waals surface area contributed by atoms with Crippen LogP contribution in [0.5, 0.6) is 0 Å².